The topological polar surface area (TPSA) is 3.24 Å². The summed E-state index contributed by atoms with van der Waals surface area (Å²) in [6.45, 7) is 11.9. The van der Waals surface area contributed by atoms with Crippen molar-refractivity contribution < 1.29 is 0 Å². The van der Waals surface area contributed by atoms with Gasteiger partial charge < -0.3 is 4.90 Å². The smallest absolute Gasteiger partial charge is 0.109 e. The van der Waals surface area contributed by atoms with Gasteiger partial charge in [-0.25, -0.2) is 0 Å². The monoisotopic (exact) mass is 395 g/mol. The second-order valence-corrected chi connectivity index (χ2v) is 13.6. The molecule has 1 aliphatic heterocycles. The Morgan fingerprint density at radius 1 is 1.00 bits per heavy atom. The van der Waals surface area contributed by atoms with Crippen molar-refractivity contribution in [3.05, 3.63) is 111 Å². The molecule has 0 amide bonds. The van der Waals surface area contributed by atoms with Crippen molar-refractivity contribution in [2.75, 3.05) is 4.90 Å². The average molecular weight is 396 g/mol. The Bertz CT molecular complexity index is 1120. The Morgan fingerprint density at radius 2 is 1.76 bits per heavy atom. The molecule has 0 aromatic heterocycles. The van der Waals surface area contributed by atoms with E-state index in [2.05, 4.69) is 106 Å². The molecule has 29 heavy (non-hydrogen) atoms. The highest BCUT2D eigenvalue weighted by Crippen LogP contribution is 2.49. The fraction of sp³-hybridized carbons (Fsp3) is 0.259. The first-order valence-electron chi connectivity index (χ1n) is 10.7. The van der Waals surface area contributed by atoms with Crippen LogP contribution in [0.2, 0.25) is 13.1 Å². The maximum absolute atomic E-state index is 2.53. The summed E-state index contributed by atoms with van der Waals surface area (Å²) in [7, 11) is -1.70. The molecular formula is C27H29NSi. The van der Waals surface area contributed by atoms with E-state index in [1.54, 1.807) is 10.4 Å². The van der Waals surface area contributed by atoms with Gasteiger partial charge in [0.05, 0.1) is 0 Å². The molecule has 3 aliphatic carbocycles. The van der Waals surface area contributed by atoms with Crippen LogP contribution in [0.1, 0.15) is 27.2 Å². The Kier molecular flexibility index (Phi) is 4.11. The van der Waals surface area contributed by atoms with Crippen LogP contribution in [0.3, 0.4) is 0 Å². The first-order valence-corrected chi connectivity index (χ1v) is 13.7. The van der Waals surface area contributed by atoms with Crippen molar-refractivity contribution in [1.82, 2.24) is 0 Å². The maximum Gasteiger partial charge on any atom is 0.109 e. The molecule has 0 radical (unpaired) electrons. The normalized spacial score (nSPS) is 23.2. The van der Waals surface area contributed by atoms with Crippen LogP contribution in [-0.2, 0) is 0 Å². The molecule has 0 bridgehead atoms. The number of nitrogens with zero attached hydrogens (tertiary/aromatic N) is 1. The molecule has 1 aromatic rings. The van der Waals surface area contributed by atoms with Crippen molar-refractivity contribution in [2.45, 2.75) is 40.3 Å². The number of rotatable bonds is 3. The molecule has 146 valence electrons. The molecule has 0 fully saturated rings. The Morgan fingerprint density at radius 3 is 2.45 bits per heavy atom. The zero-order valence-electron chi connectivity index (χ0n) is 18.1. The molecule has 5 rings (SSSR count). The minimum Gasteiger partial charge on any atom is -0.317 e. The van der Waals surface area contributed by atoms with Crippen LogP contribution < -0.4 is 4.90 Å². The van der Waals surface area contributed by atoms with E-state index >= 15 is 0 Å². The number of fused-ring (bicyclic) bond motifs is 2. The minimum absolute atomic E-state index is 0.384. The van der Waals surface area contributed by atoms with Crippen LogP contribution in [-0.4, -0.2) is 8.07 Å². The fourth-order valence-electron chi connectivity index (χ4n) is 5.50. The lowest BCUT2D eigenvalue weighted by Crippen LogP contribution is -2.33. The molecule has 1 unspecified atom stereocenters. The summed E-state index contributed by atoms with van der Waals surface area (Å²) in [5.41, 5.74) is 9.88. The fourth-order valence-corrected chi connectivity index (χ4v) is 8.91. The molecular weight excluding hydrogens is 366 g/mol. The van der Waals surface area contributed by atoms with Gasteiger partial charge in [-0.1, -0.05) is 72.4 Å². The summed E-state index contributed by atoms with van der Waals surface area (Å²) in [6, 6.07) is 10.8. The van der Waals surface area contributed by atoms with Crippen molar-refractivity contribution in [3.8, 4) is 0 Å². The average Bonchev–Trinajstić information content (AvgIpc) is 3.40. The van der Waals surface area contributed by atoms with E-state index in [-0.39, 0.29) is 0 Å². The van der Waals surface area contributed by atoms with Crippen molar-refractivity contribution in [1.29, 1.82) is 0 Å². The predicted octanol–water partition coefficient (Wildman–Crippen LogP) is 7.17. The molecule has 0 spiro atoms. The van der Waals surface area contributed by atoms with E-state index in [0.29, 0.717) is 5.92 Å². The SMILES string of the molecule is CC1=CC2=CC3C(=CC2=C1[Si](C)(C)C1=CC=CC1)N(c1ccccc1)C(C)=C3C. The van der Waals surface area contributed by atoms with Gasteiger partial charge in [-0.15, -0.1) is 0 Å². The zero-order chi connectivity index (χ0) is 20.3. The number of benzene rings is 1. The molecule has 1 aromatic carbocycles. The summed E-state index contributed by atoms with van der Waals surface area (Å²) in [5, 5.41) is 3.27. The first kappa shape index (κ1) is 18.4. The molecule has 2 heteroatoms. The van der Waals surface area contributed by atoms with E-state index in [0.717, 1.165) is 6.42 Å². The number of hydrogen-bond acceptors (Lipinski definition) is 1. The summed E-state index contributed by atoms with van der Waals surface area (Å²) in [4.78, 5) is 2.47. The van der Waals surface area contributed by atoms with Crippen molar-refractivity contribution in [2.24, 2.45) is 5.92 Å². The van der Waals surface area contributed by atoms with Gasteiger partial charge >= 0.3 is 0 Å². The Labute approximate surface area is 175 Å². The summed E-state index contributed by atoms with van der Waals surface area (Å²) in [5.74, 6) is 0.384. The molecule has 4 aliphatic rings. The number of para-hydroxylation sites is 1. The van der Waals surface area contributed by atoms with Gasteiger partial charge in [0.1, 0.15) is 8.07 Å². The molecule has 1 nitrogen and oxygen atoms in total. The van der Waals surface area contributed by atoms with Gasteiger partial charge in [0.2, 0.25) is 0 Å². The van der Waals surface area contributed by atoms with Crippen molar-refractivity contribution >= 4 is 13.8 Å². The highest BCUT2D eigenvalue weighted by atomic mass is 28.3. The van der Waals surface area contributed by atoms with Crippen LogP contribution in [0.25, 0.3) is 0 Å². The van der Waals surface area contributed by atoms with Gasteiger partial charge in [0.25, 0.3) is 0 Å². The zero-order valence-corrected chi connectivity index (χ0v) is 19.1. The lowest BCUT2D eigenvalue weighted by Gasteiger charge is -2.31. The van der Waals surface area contributed by atoms with Gasteiger partial charge in [-0.05, 0) is 67.3 Å². The van der Waals surface area contributed by atoms with E-state index in [1.807, 2.05) is 0 Å². The molecule has 0 saturated heterocycles. The third-order valence-electron chi connectivity index (χ3n) is 7.15. The molecule has 1 heterocycles. The largest absolute Gasteiger partial charge is 0.317 e. The van der Waals surface area contributed by atoms with Gasteiger partial charge in [0, 0.05) is 23.0 Å². The standard InChI is InChI=1S/C27H29NSi/c1-18-15-21-16-24-19(2)20(3)28(22-11-7-6-8-12-22)26(24)17-25(21)27(18)29(4,5)23-13-9-10-14-23/h6-13,15-17,24H,14H2,1-5H3. The molecule has 0 saturated carbocycles. The number of allylic oxidation sites excluding steroid dienone is 12. The predicted molar refractivity (Wildman–Crippen MR) is 127 cm³/mol. The van der Waals surface area contributed by atoms with E-state index in [4.69, 9.17) is 0 Å². The van der Waals surface area contributed by atoms with E-state index < -0.39 is 8.07 Å². The van der Waals surface area contributed by atoms with Crippen LogP contribution in [0.5, 0.6) is 0 Å². The third-order valence-corrected chi connectivity index (χ3v) is 11.0. The van der Waals surface area contributed by atoms with Gasteiger partial charge in [-0.2, -0.15) is 0 Å². The number of hydrogen-bond donors (Lipinski definition) is 0. The summed E-state index contributed by atoms with van der Waals surface area (Å²) >= 11 is 0. The van der Waals surface area contributed by atoms with Gasteiger partial charge in [0.15, 0.2) is 0 Å². The second kappa shape index (κ2) is 6.46. The Balaban J connectivity index is 1.67. The summed E-state index contributed by atoms with van der Waals surface area (Å²) < 4.78 is 0. The quantitative estimate of drug-likeness (QED) is 0.490. The van der Waals surface area contributed by atoms with Gasteiger partial charge in [-0.3, -0.25) is 0 Å². The minimum atomic E-state index is -1.70. The number of anilines is 1. The van der Waals surface area contributed by atoms with E-state index in [9.17, 15) is 0 Å². The highest BCUT2D eigenvalue weighted by Gasteiger charge is 2.40. The highest BCUT2D eigenvalue weighted by molar-refractivity contribution is 6.91. The molecule has 0 N–H and O–H groups in total. The van der Waals surface area contributed by atoms with Crippen LogP contribution in [0.4, 0.5) is 5.69 Å². The lowest BCUT2D eigenvalue weighted by atomic mass is 9.89. The maximum atomic E-state index is 2.53. The second-order valence-electron chi connectivity index (χ2n) is 9.17. The Hall–Kier alpha value is -2.58. The summed E-state index contributed by atoms with van der Waals surface area (Å²) in [6.07, 6.45) is 15.5. The third kappa shape index (κ3) is 2.66. The van der Waals surface area contributed by atoms with Crippen LogP contribution >= 0.6 is 0 Å². The first-order chi connectivity index (χ1) is 13.9. The van der Waals surface area contributed by atoms with Crippen molar-refractivity contribution in [3.63, 3.8) is 0 Å². The van der Waals surface area contributed by atoms with Crippen LogP contribution in [0.15, 0.2) is 111 Å². The lowest BCUT2D eigenvalue weighted by molar-refractivity contribution is 0.896. The molecule has 1 atom stereocenters. The van der Waals surface area contributed by atoms with E-state index in [1.165, 1.54) is 39.4 Å². The van der Waals surface area contributed by atoms with Crippen LogP contribution in [0, 0.1) is 5.92 Å².